The summed E-state index contributed by atoms with van der Waals surface area (Å²) in [5.41, 5.74) is 7.87. The van der Waals surface area contributed by atoms with E-state index in [9.17, 15) is 0 Å². The smallest absolute Gasteiger partial charge is 0.113 e. The number of nitrogens with zero attached hydrogens (tertiary/aromatic N) is 1. The second-order valence-electron chi connectivity index (χ2n) is 2.94. The monoisotopic (exact) mass is 219 g/mol. The summed E-state index contributed by atoms with van der Waals surface area (Å²) in [5, 5.41) is 12.5. The quantitative estimate of drug-likeness (QED) is 0.677. The maximum absolute atomic E-state index is 8.82. The van der Waals surface area contributed by atoms with Crippen molar-refractivity contribution in [3.8, 4) is 0 Å². The summed E-state index contributed by atoms with van der Waals surface area (Å²) in [5.74, 6) is 0. The third-order valence-electron chi connectivity index (χ3n) is 2.06. The number of nitrogen functional groups attached to an aromatic ring is 1. The second-order valence-corrected chi connectivity index (χ2v) is 2.94. The topological polar surface area (TPSA) is 71.2 Å². The summed E-state index contributed by atoms with van der Waals surface area (Å²) < 4.78 is 0. The molecule has 0 saturated heterocycles. The zero-order valence-electron chi connectivity index (χ0n) is 9.57. The molecule has 0 saturated carbocycles. The van der Waals surface area contributed by atoms with Gasteiger partial charge in [-0.2, -0.15) is 0 Å². The molecule has 4 nitrogen and oxygen atoms in total. The minimum absolute atomic E-state index is 0.141. The number of hydrogen-bond acceptors (Lipinski definition) is 4. The highest BCUT2D eigenvalue weighted by Gasteiger charge is 2.04. The van der Waals surface area contributed by atoms with Crippen LogP contribution < -0.4 is 11.1 Å². The van der Waals surface area contributed by atoms with Crippen molar-refractivity contribution in [2.24, 2.45) is 0 Å². The first-order chi connectivity index (χ1) is 7.83. The molecule has 4 N–H and O–H groups in total. The number of aliphatic hydroxyl groups excluding tert-OH is 1. The van der Waals surface area contributed by atoms with Gasteiger partial charge >= 0.3 is 0 Å². The highest BCUT2D eigenvalue weighted by molar-refractivity contribution is 5.96. The molecule has 2 aromatic rings. The van der Waals surface area contributed by atoms with Crippen LogP contribution in [0, 0.1) is 0 Å². The molecule has 0 spiro atoms. The predicted molar refractivity (Wildman–Crippen MR) is 68.2 cm³/mol. The molecule has 0 aliphatic rings. The summed E-state index contributed by atoms with van der Waals surface area (Å²) in [6.07, 6.45) is 1.58. The number of benzene rings is 1. The molecule has 0 unspecified atom stereocenters. The highest BCUT2D eigenvalue weighted by atomic mass is 16.3. The maximum atomic E-state index is 8.82. The van der Waals surface area contributed by atoms with Gasteiger partial charge in [-0.05, 0) is 6.07 Å². The molecule has 0 amide bonds. The van der Waals surface area contributed by atoms with Gasteiger partial charge in [0, 0.05) is 5.39 Å². The number of anilines is 2. The van der Waals surface area contributed by atoms with Crippen molar-refractivity contribution in [3.63, 3.8) is 0 Å². The van der Waals surface area contributed by atoms with E-state index in [1.165, 1.54) is 0 Å². The molecule has 0 aliphatic heterocycles. The lowest BCUT2D eigenvalue weighted by atomic mass is 10.1. The fourth-order valence-electron chi connectivity index (χ4n) is 1.43. The Kier molecular flexibility index (Phi) is 4.54. The number of aromatic nitrogens is 1. The van der Waals surface area contributed by atoms with Crippen LogP contribution >= 0.6 is 0 Å². The fraction of sp³-hybridized carbons (Fsp3) is 0.250. The van der Waals surface area contributed by atoms with E-state index in [4.69, 9.17) is 10.8 Å². The van der Waals surface area contributed by atoms with E-state index >= 15 is 0 Å². The zero-order chi connectivity index (χ0) is 12.0. The minimum atomic E-state index is -0.141. The number of fused-ring (bicyclic) bond motifs is 1. The Morgan fingerprint density at radius 3 is 2.69 bits per heavy atom. The van der Waals surface area contributed by atoms with Crippen molar-refractivity contribution in [3.05, 3.63) is 30.5 Å². The summed E-state index contributed by atoms with van der Waals surface area (Å²) in [7, 11) is 0. The van der Waals surface area contributed by atoms with E-state index in [-0.39, 0.29) is 6.73 Å². The SMILES string of the molecule is CC.Nc1cnc2ccccc2c1NCO. The van der Waals surface area contributed by atoms with Crippen LogP contribution in [0.15, 0.2) is 30.5 Å². The van der Waals surface area contributed by atoms with Crippen molar-refractivity contribution in [2.75, 3.05) is 17.8 Å². The van der Waals surface area contributed by atoms with Crippen LogP contribution in [0.25, 0.3) is 10.9 Å². The molecule has 1 aromatic heterocycles. The van der Waals surface area contributed by atoms with Gasteiger partial charge in [0.05, 0.1) is 23.1 Å². The van der Waals surface area contributed by atoms with Gasteiger partial charge in [0.25, 0.3) is 0 Å². The van der Waals surface area contributed by atoms with Crippen LogP contribution in [-0.4, -0.2) is 16.8 Å². The molecule has 0 atom stereocenters. The van der Waals surface area contributed by atoms with Gasteiger partial charge in [0.15, 0.2) is 0 Å². The molecular formula is C12H17N3O. The fourth-order valence-corrected chi connectivity index (χ4v) is 1.43. The van der Waals surface area contributed by atoms with Crippen LogP contribution in [0.1, 0.15) is 13.8 Å². The first kappa shape index (κ1) is 12.3. The molecule has 0 bridgehead atoms. The Balaban J connectivity index is 0.000000606. The highest BCUT2D eigenvalue weighted by Crippen LogP contribution is 2.26. The van der Waals surface area contributed by atoms with E-state index in [2.05, 4.69) is 10.3 Å². The summed E-state index contributed by atoms with van der Waals surface area (Å²) in [6.45, 7) is 3.86. The number of rotatable bonds is 2. The normalized spacial score (nSPS) is 9.44. The van der Waals surface area contributed by atoms with Crippen molar-refractivity contribution < 1.29 is 5.11 Å². The second kappa shape index (κ2) is 5.92. The number of para-hydroxylation sites is 1. The first-order valence-electron chi connectivity index (χ1n) is 5.31. The van der Waals surface area contributed by atoms with E-state index in [0.717, 1.165) is 16.6 Å². The molecule has 0 aliphatic carbocycles. The minimum Gasteiger partial charge on any atom is -0.396 e. The van der Waals surface area contributed by atoms with Gasteiger partial charge in [-0.25, -0.2) is 0 Å². The third-order valence-corrected chi connectivity index (χ3v) is 2.06. The molecule has 1 heterocycles. The average molecular weight is 219 g/mol. The Morgan fingerprint density at radius 2 is 2.00 bits per heavy atom. The third kappa shape index (κ3) is 2.41. The number of aliphatic hydroxyl groups is 1. The van der Waals surface area contributed by atoms with Crippen molar-refractivity contribution in [2.45, 2.75) is 13.8 Å². The molecule has 2 rings (SSSR count). The van der Waals surface area contributed by atoms with Crippen molar-refractivity contribution >= 4 is 22.3 Å². The lowest BCUT2D eigenvalue weighted by Crippen LogP contribution is -2.04. The molecule has 16 heavy (non-hydrogen) atoms. The zero-order valence-corrected chi connectivity index (χ0v) is 9.57. The Labute approximate surface area is 95.1 Å². The Bertz CT molecular complexity index is 457. The van der Waals surface area contributed by atoms with Crippen LogP contribution in [0.2, 0.25) is 0 Å². The lowest BCUT2D eigenvalue weighted by molar-refractivity contribution is 0.326. The van der Waals surface area contributed by atoms with Crippen molar-refractivity contribution in [1.29, 1.82) is 0 Å². The van der Waals surface area contributed by atoms with Crippen LogP contribution in [0.5, 0.6) is 0 Å². The van der Waals surface area contributed by atoms with E-state index in [1.807, 2.05) is 38.1 Å². The molecular weight excluding hydrogens is 202 g/mol. The van der Waals surface area contributed by atoms with Gasteiger partial charge in [0.1, 0.15) is 6.73 Å². The predicted octanol–water partition coefficient (Wildman–Crippen LogP) is 2.20. The standard InChI is InChI=1S/C10H11N3O.C2H6/c11-8-5-12-9-4-2-1-3-7(9)10(8)13-6-14;1-2/h1-5,14H,6,11H2,(H,12,13);1-2H3. The van der Waals surface area contributed by atoms with Gasteiger partial charge < -0.3 is 16.2 Å². The van der Waals surface area contributed by atoms with Crippen molar-refractivity contribution in [1.82, 2.24) is 4.98 Å². The van der Waals surface area contributed by atoms with E-state index < -0.39 is 0 Å². The summed E-state index contributed by atoms with van der Waals surface area (Å²) >= 11 is 0. The Morgan fingerprint density at radius 1 is 1.31 bits per heavy atom. The largest absolute Gasteiger partial charge is 0.396 e. The molecule has 0 radical (unpaired) electrons. The maximum Gasteiger partial charge on any atom is 0.113 e. The van der Waals surface area contributed by atoms with Gasteiger partial charge in [-0.15, -0.1) is 0 Å². The number of hydrogen-bond donors (Lipinski definition) is 3. The van der Waals surface area contributed by atoms with Gasteiger partial charge in [-0.1, -0.05) is 32.0 Å². The first-order valence-corrected chi connectivity index (χ1v) is 5.31. The molecule has 0 fully saturated rings. The average Bonchev–Trinajstić information content (AvgIpc) is 2.35. The molecule has 4 heteroatoms. The van der Waals surface area contributed by atoms with E-state index in [1.54, 1.807) is 6.20 Å². The number of pyridine rings is 1. The van der Waals surface area contributed by atoms with Gasteiger partial charge in [-0.3, -0.25) is 4.98 Å². The van der Waals surface area contributed by atoms with Crippen LogP contribution in [0.3, 0.4) is 0 Å². The van der Waals surface area contributed by atoms with Gasteiger partial charge in [0.2, 0.25) is 0 Å². The lowest BCUT2D eigenvalue weighted by Gasteiger charge is -2.09. The van der Waals surface area contributed by atoms with E-state index in [0.29, 0.717) is 5.69 Å². The summed E-state index contributed by atoms with van der Waals surface area (Å²) in [6, 6.07) is 7.63. The molecule has 86 valence electrons. The number of nitrogens with two attached hydrogens (primary N) is 1. The Hall–Kier alpha value is -1.81. The summed E-state index contributed by atoms with van der Waals surface area (Å²) in [4.78, 5) is 4.18. The molecule has 1 aromatic carbocycles. The van der Waals surface area contributed by atoms with Crippen LogP contribution in [0.4, 0.5) is 11.4 Å². The van der Waals surface area contributed by atoms with Crippen LogP contribution in [-0.2, 0) is 0 Å². The number of nitrogens with one attached hydrogen (secondary N) is 1.